The van der Waals surface area contributed by atoms with Gasteiger partial charge in [-0.25, -0.2) is 12.8 Å². The molecule has 0 spiro atoms. The van der Waals surface area contributed by atoms with Crippen LogP contribution in [0.2, 0.25) is 0 Å². The molecule has 1 N–H and O–H groups in total. The van der Waals surface area contributed by atoms with Gasteiger partial charge in [0.25, 0.3) is 10.0 Å². The summed E-state index contributed by atoms with van der Waals surface area (Å²) in [6.45, 7) is 1.01. The quantitative estimate of drug-likeness (QED) is 0.917. The Labute approximate surface area is 138 Å². The van der Waals surface area contributed by atoms with Gasteiger partial charge in [0.1, 0.15) is 12.6 Å². The zero-order valence-corrected chi connectivity index (χ0v) is 13.6. The Morgan fingerprint density at radius 1 is 1.21 bits per heavy atom. The summed E-state index contributed by atoms with van der Waals surface area (Å²) < 4.78 is 59.3. The highest BCUT2D eigenvalue weighted by atomic mass is 32.2. The fourth-order valence-corrected chi connectivity index (χ4v) is 4.18. The number of nitrogens with zero attached hydrogens (tertiary/aromatic N) is 1. The Kier molecular flexibility index (Phi) is 4.18. The van der Waals surface area contributed by atoms with Gasteiger partial charge in [0.15, 0.2) is 11.6 Å². The van der Waals surface area contributed by atoms with E-state index in [1.54, 1.807) is 12.1 Å². The molecule has 3 rings (SSSR count). The number of aryl methyl sites for hydroxylation is 1. The molecule has 0 unspecified atom stereocenters. The van der Waals surface area contributed by atoms with E-state index in [1.807, 2.05) is 6.92 Å². The predicted molar refractivity (Wildman–Crippen MR) is 83.6 cm³/mol. The van der Waals surface area contributed by atoms with E-state index in [2.05, 4.69) is 0 Å². The van der Waals surface area contributed by atoms with Gasteiger partial charge < -0.3 is 9.84 Å². The van der Waals surface area contributed by atoms with Crippen molar-refractivity contribution in [3.63, 3.8) is 0 Å². The Balaban J connectivity index is 2.18. The highest BCUT2D eigenvalue weighted by molar-refractivity contribution is 7.92. The van der Waals surface area contributed by atoms with Gasteiger partial charge in [-0.1, -0.05) is 17.7 Å². The molecule has 1 heterocycles. The second-order valence-corrected chi connectivity index (χ2v) is 7.29. The maximum absolute atomic E-state index is 13.9. The summed E-state index contributed by atoms with van der Waals surface area (Å²) in [5.41, 5.74) is 0.739. The maximum atomic E-state index is 13.9. The van der Waals surface area contributed by atoms with Crippen molar-refractivity contribution >= 4 is 15.7 Å². The number of hydrogen-bond donors (Lipinski definition) is 1. The Morgan fingerprint density at radius 3 is 2.50 bits per heavy atom. The van der Waals surface area contributed by atoms with Crippen molar-refractivity contribution in [2.45, 2.75) is 17.9 Å². The van der Waals surface area contributed by atoms with E-state index in [4.69, 9.17) is 4.74 Å². The fourth-order valence-electron chi connectivity index (χ4n) is 2.55. The van der Waals surface area contributed by atoms with Crippen LogP contribution in [0.25, 0.3) is 0 Å². The summed E-state index contributed by atoms with van der Waals surface area (Å²) in [4.78, 5) is -0.0101. The van der Waals surface area contributed by atoms with Crippen molar-refractivity contribution in [3.8, 4) is 5.75 Å². The van der Waals surface area contributed by atoms with Gasteiger partial charge in [0.2, 0.25) is 5.82 Å². The summed E-state index contributed by atoms with van der Waals surface area (Å²) in [5.74, 6) is -2.87. The number of aliphatic hydroxyl groups excluding tert-OH is 1. The molecule has 0 amide bonds. The van der Waals surface area contributed by atoms with Gasteiger partial charge >= 0.3 is 0 Å². The van der Waals surface area contributed by atoms with E-state index in [9.17, 15) is 22.3 Å². The first-order valence-electron chi connectivity index (χ1n) is 7.19. The topological polar surface area (TPSA) is 66.8 Å². The van der Waals surface area contributed by atoms with Gasteiger partial charge in [0.05, 0.1) is 17.2 Å². The van der Waals surface area contributed by atoms with Crippen molar-refractivity contribution in [1.29, 1.82) is 0 Å². The molecule has 24 heavy (non-hydrogen) atoms. The average molecular weight is 355 g/mol. The van der Waals surface area contributed by atoms with Crippen molar-refractivity contribution in [1.82, 2.24) is 0 Å². The molecule has 128 valence electrons. The van der Waals surface area contributed by atoms with Crippen LogP contribution in [-0.4, -0.2) is 32.8 Å². The largest absolute Gasteiger partial charge is 0.486 e. The van der Waals surface area contributed by atoms with E-state index in [-0.39, 0.29) is 17.2 Å². The maximum Gasteiger partial charge on any atom is 0.264 e. The number of fused-ring (bicyclic) bond motifs is 1. The van der Waals surface area contributed by atoms with Gasteiger partial charge in [-0.05, 0) is 31.2 Å². The minimum absolute atomic E-state index is 0.0101. The monoisotopic (exact) mass is 355 g/mol. The molecular weight excluding hydrogens is 340 g/mol. The van der Waals surface area contributed by atoms with Crippen molar-refractivity contribution in [2.75, 3.05) is 17.5 Å². The minimum Gasteiger partial charge on any atom is -0.486 e. The first-order chi connectivity index (χ1) is 11.4. The number of anilines is 1. The molecule has 1 atom stereocenters. The minimum atomic E-state index is -4.08. The smallest absolute Gasteiger partial charge is 0.264 e. The predicted octanol–water partition coefficient (Wildman–Crippen LogP) is 2.22. The van der Waals surface area contributed by atoms with Crippen LogP contribution in [0, 0.1) is 18.6 Å². The van der Waals surface area contributed by atoms with E-state index >= 15 is 0 Å². The molecule has 0 aliphatic carbocycles. The fraction of sp³-hybridized carbons (Fsp3) is 0.250. The van der Waals surface area contributed by atoms with Gasteiger partial charge in [-0.2, -0.15) is 4.39 Å². The standard InChI is InChI=1S/C16H15F2NO4S/c1-10-2-4-12(5-3-10)24(21,22)19-11(8-20)9-23-16-14(19)7-6-13(17)15(16)18/h2-7,11,20H,8-9H2,1H3/t11-/m0/s1. The molecule has 0 bridgehead atoms. The van der Waals surface area contributed by atoms with Crippen molar-refractivity contribution < 1.29 is 27.0 Å². The highest BCUT2D eigenvalue weighted by Gasteiger charge is 2.38. The molecule has 0 aromatic heterocycles. The summed E-state index contributed by atoms with van der Waals surface area (Å²) in [5, 5.41) is 9.51. The Morgan fingerprint density at radius 2 is 1.88 bits per heavy atom. The molecule has 1 aliphatic rings. The second kappa shape index (κ2) is 6.03. The first-order valence-corrected chi connectivity index (χ1v) is 8.63. The first kappa shape index (κ1) is 16.7. The zero-order valence-electron chi connectivity index (χ0n) is 12.7. The molecule has 2 aromatic carbocycles. The normalized spacial score (nSPS) is 17.3. The van der Waals surface area contributed by atoms with Crippen molar-refractivity contribution in [2.24, 2.45) is 0 Å². The zero-order chi connectivity index (χ0) is 17.5. The summed E-state index contributed by atoms with van der Waals surface area (Å²) >= 11 is 0. The third-order valence-corrected chi connectivity index (χ3v) is 5.69. The third-order valence-electron chi connectivity index (χ3n) is 3.81. The summed E-state index contributed by atoms with van der Waals surface area (Å²) in [7, 11) is -4.08. The van der Waals surface area contributed by atoms with E-state index in [1.165, 1.54) is 12.1 Å². The van der Waals surface area contributed by atoms with Crippen LogP contribution in [0.1, 0.15) is 5.56 Å². The molecule has 8 heteroatoms. The molecule has 1 aliphatic heterocycles. The summed E-state index contributed by atoms with van der Waals surface area (Å²) in [6, 6.07) is 7.13. The number of benzene rings is 2. The van der Waals surface area contributed by atoms with E-state index in [0.717, 1.165) is 22.0 Å². The van der Waals surface area contributed by atoms with Crippen molar-refractivity contribution in [3.05, 3.63) is 53.6 Å². The number of hydrogen-bond acceptors (Lipinski definition) is 4. The van der Waals surface area contributed by atoms with Crippen LogP contribution >= 0.6 is 0 Å². The van der Waals surface area contributed by atoms with Crippen LogP contribution in [0.3, 0.4) is 0 Å². The Hall–Kier alpha value is -2.19. The second-order valence-electron chi connectivity index (χ2n) is 5.47. The molecule has 0 saturated carbocycles. The number of ether oxygens (including phenoxy) is 1. The summed E-state index contributed by atoms with van der Waals surface area (Å²) in [6.07, 6.45) is 0. The molecular formula is C16H15F2NO4S. The van der Waals surface area contributed by atoms with Gasteiger partial charge in [-0.15, -0.1) is 0 Å². The molecule has 0 saturated heterocycles. The lowest BCUT2D eigenvalue weighted by atomic mass is 10.2. The van der Waals surface area contributed by atoms with Crippen LogP contribution < -0.4 is 9.04 Å². The third kappa shape index (κ3) is 2.61. The molecule has 0 radical (unpaired) electrons. The number of halogens is 2. The lowest BCUT2D eigenvalue weighted by Crippen LogP contribution is -2.49. The number of sulfonamides is 1. The van der Waals surface area contributed by atoms with Crippen LogP contribution in [0.4, 0.5) is 14.5 Å². The number of rotatable bonds is 3. The van der Waals surface area contributed by atoms with E-state index < -0.39 is 40.1 Å². The van der Waals surface area contributed by atoms with Crippen LogP contribution in [-0.2, 0) is 10.0 Å². The van der Waals surface area contributed by atoms with E-state index in [0.29, 0.717) is 0 Å². The lowest BCUT2D eigenvalue weighted by Gasteiger charge is -2.36. The van der Waals surface area contributed by atoms with Crippen LogP contribution in [0.15, 0.2) is 41.3 Å². The molecule has 5 nitrogen and oxygen atoms in total. The molecule has 2 aromatic rings. The van der Waals surface area contributed by atoms with Crippen LogP contribution in [0.5, 0.6) is 5.75 Å². The Bertz CT molecular complexity index is 868. The highest BCUT2D eigenvalue weighted by Crippen LogP contribution is 2.40. The number of aliphatic hydroxyl groups is 1. The molecule has 0 fully saturated rings. The SMILES string of the molecule is Cc1ccc(S(=O)(=O)N2c3ccc(F)c(F)c3OC[C@@H]2CO)cc1. The van der Waals surface area contributed by atoms with Gasteiger partial charge in [0, 0.05) is 0 Å². The van der Waals surface area contributed by atoms with Gasteiger partial charge in [-0.3, -0.25) is 4.31 Å². The average Bonchev–Trinajstić information content (AvgIpc) is 2.57. The lowest BCUT2D eigenvalue weighted by molar-refractivity contribution is 0.191.